The first-order valence-corrected chi connectivity index (χ1v) is 14.1. The highest BCUT2D eigenvalue weighted by molar-refractivity contribution is 9.10. The van der Waals surface area contributed by atoms with E-state index in [1.165, 1.54) is 16.2 Å². The number of rotatable bonds is 7. The number of carbonyl (C=O) groups excluding carboxylic acids is 2. The van der Waals surface area contributed by atoms with Crippen molar-refractivity contribution >= 4 is 60.1 Å². The zero-order chi connectivity index (χ0) is 27.0. The van der Waals surface area contributed by atoms with Gasteiger partial charge < -0.3 is 9.84 Å². The first kappa shape index (κ1) is 26.1. The van der Waals surface area contributed by atoms with Crippen LogP contribution in [0.1, 0.15) is 48.1 Å². The van der Waals surface area contributed by atoms with Gasteiger partial charge in [0.2, 0.25) is 0 Å². The highest BCUT2D eigenvalue weighted by Gasteiger charge is 2.48. The number of ether oxygens (including phenoxy) is 1. The molecule has 0 spiro atoms. The van der Waals surface area contributed by atoms with Gasteiger partial charge in [-0.2, -0.15) is 0 Å². The molecule has 1 fully saturated rings. The van der Waals surface area contributed by atoms with Crippen molar-refractivity contribution in [3.63, 3.8) is 0 Å². The van der Waals surface area contributed by atoms with E-state index < -0.39 is 17.7 Å². The minimum absolute atomic E-state index is 0.0233. The SMILES string of the molecule is CCCCOc1cccc(/C(O)=C2\C(=O)C(=O)N(c3nc4c(C)cc(C)cc4s3)C2c2ccc(Br)cc2)c1. The largest absolute Gasteiger partial charge is 0.507 e. The molecule has 5 rings (SSSR count). The molecule has 0 bridgehead atoms. The second-order valence-corrected chi connectivity index (χ2v) is 11.3. The lowest BCUT2D eigenvalue weighted by molar-refractivity contribution is -0.132. The van der Waals surface area contributed by atoms with Crippen molar-refractivity contribution < 1.29 is 19.4 Å². The minimum Gasteiger partial charge on any atom is -0.507 e. The molecule has 8 heteroatoms. The second kappa shape index (κ2) is 10.7. The Hall–Kier alpha value is -3.49. The van der Waals surface area contributed by atoms with E-state index in [0.29, 0.717) is 28.6 Å². The Morgan fingerprint density at radius 3 is 2.61 bits per heavy atom. The fraction of sp³-hybridized carbons (Fsp3) is 0.233. The van der Waals surface area contributed by atoms with Crippen molar-refractivity contribution in [2.24, 2.45) is 0 Å². The number of Topliss-reactive ketones (excluding diaryl/α,β-unsaturated/α-hetero) is 1. The maximum atomic E-state index is 13.5. The van der Waals surface area contributed by atoms with Crippen molar-refractivity contribution in [1.82, 2.24) is 4.98 Å². The molecular formula is C30H27BrN2O4S. The Labute approximate surface area is 233 Å². The van der Waals surface area contributed by atoms with Gasteiger partial charge in [0.05, 0.1) is 28.4 Å². The number of halogens is 1. The Bertz CT molecular complexity index is 1580. The number of unbranched alkanes of at least 4 members (excludes halogenated alkanes) is 1. The maximum absolute atomic E-state index is 13.5. The van der Waals surface area contributed by atoms with E-state index in [0.717, 1.165) is 38.7 Å². The number of aliphatic hydroxyl groups is 1. The molecule has 0 radical (unpaired) electrons. The van der Waals surface area contributed by atoms with Crippen LogP contribution >= 0.6 is 27.3 Å². The zero-order valence-corrected chi connectivity index (χ0v) is 23.7. The molecule has 6 nitrogen and oxygen atoms in total. The quantitative estimate of drug-likeness (QED) is 0.104. The number of hydrogen-bond acceptors (Lipinski definition) is 6. The highest BCUT2D eigenvalue weighted by atomic mass is 79.9. The van der Waals surface area contributed by atoms with Crippen LogP contribution in [0.2, 0.25) is 0 Å². The van der Waals surface area contributed by atoms with Crippen molar-refractivity contribution in [3.05, 3.63) is 93.0 Å². The zero-order valence-electron chi connectivity index (χ0n) is 21.3. The van der Waals surface area contributed by atoms with E-state index in [1.807, 2.05) is 56.3 Å². The first-order chi connectivity index (χ1) is 18.3. The summed E-state index contributed by atoms with van der Waals surface area (Å²) in [4.78, 5) is 33.2. The molecule has 1 aromatic heterocycles. The monoisotopic (exact) mass is 590 g/mol. The molecule has 1 N–H and O–H groups in total. The molecule has 194 valence electrons. The van der Waals surface area contributed by atoms with Gasteiger partial charge in [-0.3, -0.25) is 14.5 Å². The smallest absolute Gasteiger partial charge is 0.301 e. The van der Waals surface area contributed by atoms with Crippen LogP contribution in [0, 0.1) is 13.8 Å². The normalized spacial score (nSPS) is 16.9. The van der Waals surface area contributed by atoms with Gasteiger partial charge >= 0.3 is 5.91 Å². The molecule has 1 saturated heterocycles. The third-order valence-corrected chi connectivity index (χ3v) is 8.06. The Kier molecular flexibility index (Phi) is 7.36. The Morgan fingerprint density at radius 1 is 1.11 bits per heavy atom. The van der Waals surface area contributed by atoms with Crippen LogP contribution in [0.3, 0.4) is 0 Å². The number of thiazole rings is 1. The van der Waals surface area contributed by atoms with Crippen LogP contribution in [0.5, 0.6) is 5.75 Å². The van der Waals surface area contributed by atoms with E-state index in [-0.39, 0.29) is 11.3 Å². The van der Waals surface area contributed by atoms with Gasteiger partial charge in [-0.05, 0) is 67.3 Å². The molecule has 1 aliphatic rings. The average Bonchev–Trinajstić information content (AvgIpc) is 3.43. The van der Waals surface area contributed by atoms with Crippen LogP contribution in [0.25, 0.3) is 16.0 Å². The fourth-order valence-electron chi connectivity index (χ4n) is 4.68. The summed E-state index contributed by atoms with van der Waals surface area (Å²) in [5.74, 6) is -1.12. The lowest BCUT2D eigenvalue weighted by atomic mass is 9.95. The van der Waals surface area contributed by atoms with E-state index >= 15 is 0 Å². The fourth-order valence-corrected chi connectivity index (χ4v) is 6.11. The van der Waals surface area contributed by atoms with Crippen molar-refractivity contribution in [2.45, 2.75) is 39.7 Å². The van der Waals surface area contributed by atoms with Gasteiger partial charge in [0.15, 0.2) is 5.13 Å². The number of benzene rings is 3. The molecule has 38 heavy (non-hydrogen) atoms. The number of amides is 1. The summed E-state index contributed by atoms with van der Waals surface area (Å²) >= 11 is 4.82. The van der Waals surface area contributed by atoms with E-state index in [4.69, 9.17) is 9.72 Å². The standard InChI is InChI=1S/C30H27BrN2O4S/c1-4-5-13-37-22-8-6-7-20(16-22)27(34)24-26(19-9-11-21(31)12-10-19)33(29(36)28(24)35)30-32-25-18(3)14-17(2)15-23(25)38-30/h6-12,14-16,26,34H,4-5,13H2,1-3H3/b27-24+. The predicted octanol–water partition coefficient (Wildman–Crippen LogP) is 7.48. The minimum atomic E-state index is -0.838. The number of aryl methyl sites for hydroxylation is 2. The van der Waals surface area contributed by atoms with Gasteiger partial charge in [0, 0.05) is 10.0 Å². The molecule has 1 unspecified atom stereocenters. The van der Waals surface area contributed by atoms with E-state index in [1.54, 1.807) is 18.2 Å². The van der Waals surface area contributed by atoms with Crippen LogP contribution in [-0.2, 0) is 9.59 Å². The van der Waals surface area contributed by atoms with Gasteiger partial charge in [0.1, 0.15) is 11.5 Å². The van der Waals surface area contributed by atoms with Gasteiger partial charge in [-0.1, -0.05) is 70.9 Å². The summed E-state index contributed by atoms with van der Waals surface area (Å²) < 4.78 is 7.61. The van der Waals surface area contributed by atoms with Crippen LogP contribution in [-0.4, -0.2) is 28.4 Å². The first-order valence-electron chi connectivity index (χ1n) is 12.5. The van der Waals surface area contributed by atoms with Crippen LogP contribution < -0.4 is 9.64 Å². The number of carbonyl (C=O) groups is 2. The van der Waals surface area contributed by atoms with Crippen molar-refractivity contribution in [2.75, 3.05) is 11.5 Å². The molecular weight excluding hydrogens is 564 g/mol. The number of nitrogens with zero attached hydrogens (tertiary/aromatic N) is 2. The topological polar surface area (TPSA) is 79.7 Å². The molecule has 1 aliphatic heterocycles. The van der Waals surface area contributed by atoms with Gasteiger partial charge in [-0.15, -0.1) is 0 Å². The summed E-state index contributed by atoms with van der Waals surface area (Å²) in [7, 11) is 0. The second-order valence-electron chi connectivity index (χ2n) is 9.38. The highest BCUT2D eigenvalue weighted by Crippen LogP contribution is 2.45. The average molecular weight is 592 g/mol. The third kappa shape index (κ3) is 4.86. The Balaban J connectivity index is 1.66. The maximum Gasteiger partial charge on any atom is 0.301 e. The van der Waals surface area contributed by atoms with Gasteiger partial charge in [-0.25, -0.2) is 4.98 Å². The Morgan fingerprint density at radius 2 is 1.87 bits per heavy atom. The molecule has 0 saturated carbocycles. The molecule has 0 aliphatic carbocycles. The predicted molar refractivity (Wildman–Crippen MR) is 155 cm³/mol. The number of aromatic nitrogens is 1. The molecule has 1 amide bonds. The number of anilines is 1. The number of aliphatic hydroxyl groups excluding tert-OH is 1. The van der Waals surface area contributed by atoms with Crippen molar-refractivity contribution in [3.8, 4) is 5.75 Å². The molecule has 1 atom stereocenters. The summed E-state index contributed by atoms with van der Waals surface area (Å²) in [6.07, 6.45) is 1.91. The lowest BCUT2D eigenvalue weighted by Gasteiger charge is -2.23. The number of ketones is 1. The van der Waals surface area contributed by atoms with E-state index in [2.05, 4.69) is 22.9 Å². The summed E-state index contributed by atoms with van der Waals surface area (Å²) in [6, 6.07) is 17.6. The van der Waals surface area contributed by atoms with Gasteiger partial charge in [0.25, 0.3) is 5.78 Å². The summed E-state index contributed by atoms with van der Waals surface area (Å²) in [6.45, 7) is 6.63. The van der Waals surface area contributed by atoms with Crippen LogP contribution in [0.15, 0.2) is 70.7 Å². The molecule has 2 heterocycles. The summed E-state index contributed by atoms with van der Waals surface area (Å²) in [5.41, 5.74) is 4.02. The third-order valence-electron chi connectivity index (χ3n) is 6.53. The van der Waals surface area contributed by atoms with E-state index in [9.17, 15) is 14.7 Å². The number of fused-ring (bicyclic) bond motifs is 1. The number of hydrogen-bond donors (Lipinski definition) is 1. The van der Waals surface area contributed by atoms with Crippen molar-refractivity contribution in [1.29, 1.82) is 0 Å². The lowest BCUT2D eigenvalue weighted by Crippen LogP contribution is -2.29. The molecule has 3 aromatic carbocycles. The summed E-state index contributed by atoms with van der Waals surface area (Å²) in [5, 5.41) is 11.9. The molecule has 4 aromatic rings. The van der Waals surface area contributed by atoms with Crippen LogP contribution in [0.4, 0.5) is 5.13 Å².